The second-order valence-corrected chi connectivity index (χ2v) is 7.08. The van der Waals surface area contributed by atoms with Crippen LogP contribution in [-0.4, -0.2) is 43.2 Å². The summed E-state index contributed by atoms with van der Waals surface area (Å²) in [5.41, 5.74) is 0. The lowest BCUT2D eigenvalue weighted by molar-refractivity contribution is -0.129. The van der Waals surface area contributed by atoms with Crippen LogP contribution < -0.4 is 5.32 Å². The van der Waals surface area contributed by atoms with Crippen LogP contribution in [0.2, 0.25) is 0 Å². The topological polar surface area (TPSA) is 64.6 Å². The molecule has 0 aromatic rings. The summed E-state index contributed by atoms with van der Waals surface area (Å²) in [6.45, 7) is 5.38. The molecule has 0 atom stereocenters. The molecular formula is C19H35NO4. The number of nitrogens with one attached hydrogen (secondary N) is 1. The van der Waals surface area contributed by atoms with Crippen molar-refractivity contribution in [3.63, 3.8) is 0 Å². The monoisotopic (exact) mass is 341 g/mol. The number of carbonyl (C=O) groups excluding carboxylic acids is 2. The molecule has 0 aromatic carbocycles. The maximum Gasteiger partial charge on any atom is 0.220 e. The quantitative estimate of drug-likeness (QED) is 0.620. The van der Waals surface area contributed by atoms with E-state index in [0.717, 1.165) is 51.6 Å². The maximum absolute atomic E-state index is 11.9. The molecule has 0 spiro atoms. The van der Waals surface area contributed by atoms with Gasteiger partial charge in [-0.05, 0) is 51.9 Å². The van der Waals surface area contributed by atoms with Crippen molar-refractivity contribution in [1.82, 2.24) is 5.32 Å². The molecule has 2 fully saturated rings. The van der Waals surface area contributed by atoms with Gasteiger partial charge in [0.1, 0.15) is 5.78 Å². The van der Waals surface area contributed by atoms with Crippen LogP contribution in [0, 0.1) is 5.92 Å². The van der Waals surface area contributed by atoms with E-state index in [4.69, 9.17) is 9.47 Å². The van der Waals surface area contributed by atoms with Crippen LogP contribution in [0.4, 0.5) is 0 Å². The minimum Gasteiger partial charge on any atom is -0.379 e. The third kappa shape index (κ3) is 6.17. The summed E-state index contributed by atoms with van der Waals surface area (Å²) < 4.78 is 11.5. The van der Waals surface area contributed by atoms with Gasteiger partial charge in [0.05, 0.1) is 12.2 Å². The smallest absolute Gasteiger partial charge is 0.220 e. The Labute approximate surface area is 147 Å². The zero-order valence-electron chi connectivity index (χ0n) is 15.2. The molecule has 140 valence electrons. The predicted molar refractivity (Wildman–Crippen MR) is 94.9 cm³/mol. The van der Waals surface area contributed by atoms with Crippen molar-refractivity contribution < 1.29 is 20.5 Å². The van der Waals surface area contributed by atoms with Gasteiger partial charge >= 0.3 is 0 Å². The van der Waals surface area contributed by atoms with Gasteiger partial charge < -0.3 is 14.8 Å². The number of ketones is 1. The van der Waals surface area contributed by atoms with E-state index in [1.165, 1.54) is 0 Å². The summed E-state index contributed by atoms with van der Waals surface area (Å²) in [6, 6.07) is 0.202. The van der Waals surface area contributed by atoms with Crippen molar-refractivity contribution in [3.05, 3.63) is 0 Å². The van der Waals surface area contributed by atoms with E-state index in [-0.39, 0.29) is 19.3 Å². The first-order chi connectivity index (χ1) is 11.6. The van der Waals surface area contributed by atoms with Crippen LogP contribution in [0.1, 0.15) is 73.1 Å². The largest absolute Gasteiger partial charge is 0.379 e. The molecule has 2 saturated carbocycles. The third-order valence-electron chi connectivity index (χ3n) is 5.23. The Morgan fingerprint density at radius 3 is 2.25 bits per heavy atom. The number of rotatable bonds is 10. The maximum atomic E-state index is 11.9. The van der Waals surface area contributed by atoms with Crippen molar-refractivity contribution >= 4 is 11.7 Å². The number of hydrogen-bond acceptors (Lipinski definition) is 4. The van der Waals surface area contributed by atoms with Crippen molar-refractivity contribution in [3.8, 4) is 0 Å². The average Bonchev–Trinajstić information content (AvgIpc) is 2.55. The lowest BCUT2D eigenvalue weighted by Gasteiger charge is -2.34. The molecule has 5 heteroatoms. The Morgan fingerprint density at radius 2 is 1.67 bits per heavy atom. The second kappa shape index (κ2) is 10.1. The number of Topliss-reactive ketones (excluding diaryl/α,β-unsaturated/α-hetero) is 1. The number of ether oxygens (including phenoxy) is 2. The molecule has 0 unspecified atom stereocenters. The van der Waals surface area contributed by atoms with Gasteiger partial charge in [0.15, 0.2) is 0 Å². The first-order valence-corrected chi connectivity index (χ1v) is 9.67. The van der Waals surface area contributed by atoms with Crippen LogP contribution in [0.3, 0.4) is 0 Å². The van der Waals surface area contributed by atoms with Crippen LogP contribution in [0.5, 0.6) is 0 Å². The Hall–Kier alpha value is -0.940. The molecule has 0 aromatic heterocycles. The molecule has 2 aliphatic carbocycles. The molecule has 2 rings (SSSR count). The van der Waals surface area contributed by atoms with E-state index in [1.807, 2.05) is 13.8 Å². The predicted octanol–water partition coefficient (Wildman–Crippen LogP) is 3.25. The molecule has 0 aliphatic heterocycles. The number of hydrogen-bond donors (Lipinski definition) is 1. The highest BCUT2D eigenvalue weighted by atomic mass is 16.5. The van der Waals surface area contributed by atoms with Gasteiger partial charge in [0.25, 0.3) is 0 Å². The van der Waals surface area contributed by atoms with Crippen molar-refractivity contribution in [2.24, 2.45) is 5.92 Å². The van der Waals surface area contributed by atoms with Gasteiger partial charge in [-0.25, -0.2) is 0 Å². The average molecular weight is 341 g/mol. The first-order valence-electron chi connectivity index (χ1n) is 9.67. The van der Waals surface area contributed by atoms with E-state index < -0.39 is 0 Å². The van der Waals surface area contributed by atoms with Crippen molar-refractivity contribution in [2.45, 2.75) is 89.9 Å². The molecule has 1 N–H and O–H groups in total. The van der Waals surface area contributed by atoms with E-state index >= 15 is 0 Å². The summed E-state index contributed by atoms with van der Waals surface area (Å²) in [5, 5.41) is 3.02. The Bertz CT molecular complexity index is 404. The highest BCUT2D eigenvalue weighted by molar-refractivity contribution is 5.82. The van der Waals surface area contributed by atoms with Gasteiger partial charge in [0, 0.05) is 39.4 Å². The van der Waals surface area contributed by atoms with E-state index in [2.05, 4.69) is 5.32 Å². The van der Waals surface area contributed by atoms with Gasteiger partial charge in [-0.2, -0.15) is 0 Å². The van der Waals surface area contributed by atoms with Gasteiger partial charge in [-0.15, -0.1) is 0 Å². The number of carbonyl (C=O) groups is 2. The normalized spacial score (nSPS) is 29.8. The molecule has 1 amide bonds. The minimum absolute atomic E-state index is 0. The Kier molecular flexibility index (Phi) is 8.19. The summed E-state index contributed by atoms with van der Waals surface area (Å²) >= 11 is 0. The van der Waals surface area contributed by atoms with Gasteiger partial charge in [-0.3, -0.25) is 9.59 Å². The Balaban J connectivity index is 0.00000312. The molecule has 2 aliphatic rings. The van der Waals surface area contributed by atoms with Crippen LogP contribution >= 0.6 is 0 Å². The van der Waals surface area contributed by atoms with Crippen molar-refractivity contribution in [1.29, 1.82) is 0 Å². The summed E-state index contributed by atoms with van der Waals surface area (Å²) in [6.07, 6.45) is 8.54. The standard InChI is InChI=1S/C19H33NO4.H2/c1-3-18(21)14-12-15(13-14)20-19(22)6-5-11-24-17-9-7-16(8-10-17)23-4-2;/h14-17H,3-13H2,1-2H3,(H,20,22);1H. The minimum atomic E-state index is 0. The van der Waals surface area contributed by atoms with E-state index in [9.17, 15) is 9.59 Å². The van der Waals surface area contributed by atoms with Crippen LogP contribution in [0.25, 0.3) is 0 Å². The molecule has 24 heavy (non-hydrogen) atoms. The van der Waals surface area contributed by atoms with Crippen LogP contribution in [0.15, 0.2) is 0 Å². The fraction of sp³-hybridized carbons (Fsp3) is 0.895. The lowest BCUT2D eigenvalue weighted by atomic mass is 9.77. The third-order valence-corrected chi connectivity index (χ3v) is 5.23. The fourth-order valence-electron chi connectivity index (χ4n) is 3.67. The van der Waals surface area contributed by atoms with Crippen molar-refractivity contribution in [2.75, 3.05) is 13.2 Å². The molecular weight excluding hydrogens is 306 g/mol. The zero-order chi connectivity index (χ0) is 17.4. The SMILES string of the molecule is CCOC1CCC(OCCCC(=O)NC2CC(C(=O)CC)C2)CC1.[HH]. The zero-order valence-corrected chi connectivity index (χ0v) is 15.2. The molecule has 5 nitrogen and oxygen atoms in total. The highest BCUT2D eigenvalue weighted by Crippen LogP contribution is 2.29. The second-order valence-electron chi connectivity index (χ2n) is 7.08. The molecule has 0 bridgehead atoms. The van der Waals surface area contributed by atoms with Crippen LogP contribution in [-0.2, 0) is 19.1 Å². The summed E-state index contributed by atoms with van der Waals surface area (Å²) in [7, 11) is 0. The number of amides is 1. The molecule has 0 heterocycles. The Morgan fingerprint density at radius 1 is 1.04 bits per heavy atom. The lowest BCUT2D eigenvalue weighted by Crippen LogP contribution is -2.46. The highest BCUT2D eigenvalue weighted by Gasteiger charge is 2.34. The first kappa shape index (κ1) is 19.4. The summed E-state index contributed by atoms with van der Waals surface area (Å²) in [4.78, 5) is 23.4. The van der Waals surface area contributed by atoms with Gasteiger partial charge in [-0.1, -0.05) is 6.92 Å². The van der Waals surface area contributed by atoms with E-state index in [0.29, 0.717) is 37.4 Å². The molecule has 0 radical (unpaired) electrons. The fourth-order valence-corrected chi connectivity index (χ4v) is 3.67. The van der Waals surface area contributed by atoms with Gasteiger partial charge in [0.2, 0.25) is 5.91 Å². The molecule has 0 saturated heterocycles. The summed E-state index contributed by atoms with van der Waals surface area (Å²) in [5.74, 6) is 0.592. The van der Waals surface area contributed by atoms with E-state index in [1.54, 1.807) is 0 Å².